The van der Waals surface area contributed by atoms with E-state index in [0.29, 0.717) is 19.2 Å². The Kier molecular flexibility index (Phi) is 8.45. The molecule has 0 unspecified atom stereocenters. The Bertz CT molecular complexity index is 184. The van der Waals surface area contributed by atoms with Crippen LogP contribution in [0.2, 0.25) is 0 Å². The van der Waals surface area contributed by atoms with Gasteiger partial charge in [0, 0.05) is 18.8 Å². The summed E-state index contributed by atoms with van der Waals surface area (Å²) in [5, 5.41) is 0. The molecule has 0 rings (SSSR count). The Morgan fingerprint density at radius 3 is 2.00 bits per heavy atom. The van der Waals surface area contributed by atoms with Crippen molar-refractivity contribution in [2.24, 2.45) is 0 Å². The predicted molar refractivity (Wildman–Crippen MR) is 59.3 cm³/mol. The third-order valence-corrected chi connectivity index (χ3v) is 2.31. The van der Waals surface area contributed by atoms with E-state index in [0.717, 1.165) is 5.57 Å². The smallest absolute Gasteiger partial charge is 0.380 e. The molecule has 0 atom stereocenters. The van der Waals surface area contributed by atoms with E-state index in [9.17, 15) is 0 Å². The van der Waals surface area contributed by atoms with E-state index in [4.69, 9.17) is 18.6 Å². The molecule has 0 aliphatic heterocycles. The maximum atomic E-state index is 5.46. The number of allylic oxidation sites excluding steroid dienone is 1. The SMILES string of the molecule is CCOC(OCC)[Si]OC(OC)=C(C)C. The quantitative estimate of drug-likeness (QED) is 0.364. The van der Waals surface area contributed by atoms with Gasteiger partial charge in [-0.15, -0.1) is 0 Å². The first-order valence-corrected chi connectivity index (χ1v) is 6.01. The van der Waals surface area contributed by atoms with Crippen LogP contribution in [0.5, 0.6) is 0 Å². The molecule has 0 bridgehead atoms. The molecule has 0 aliphatic rings. The van der Waals surface area contributed by atoms with Crippen molar-refractivity contribution in [3.05, 3.63) is 11.5 Å². The molecule has 0 spiro atoms. The normalized spacial score (nSPS) is 10.3. The average Bonchev–Trinajstić information content (AvgIpc) is 2.18. The van der Waals surface area contributed by atoms with Crippen molar-refractivity contribution in [3.63, 3.8) is 0 Å². The van der Waals surface area contributed by atoms with Crippen LogP contribution in [0.25, 0.3) is 0 Å². The van der Waals surface area contributed by atoms with E-state index in [-0.39, 0.29) is 15.7 Å². The van der Waals surface area contributed by atoms with Gasteiger partial charge < -0.3 is 18.6 Å². The highest BCUT2D eigenvalue weighted by atomic mass is 28.2. The molecule has 0 aromatic carbocycles. The molecule has 0 heterocycles. The lowest BCUT2D eigenvalue weighted by Gasteiger charge is -2.17. The number of ether oxygens (including phenoxy) is 3. The van der Waals surface area contributed by atoms with Gasteiger partial charge >= 0.3 is 9.76 Å². The molecule has 88 valence electrons. The number of rotatable bonds is 8. The van der Waals surface area contributed by atoms with Crippen molar-refractivity contribution in [2.45, 2.75) is 33.6 Å². The molecule has 0 fully saturated rings. The maximum absolute atomic E-state index is 5.46. The van der Waals surface area contributed by atoms with Gasteiger partial charge in [0.2, 0.25) is 0 Å². The number of hydrogen-bond acceptors (Lipinski definition) is 4. The molecule has 0 saturated carbocycles. The van der Waals surface area contributed by atoms with Gasteiger partial charge in [-0.25, -0.2) is 0 Å². The Balaban J connectivity index is 4.02. The van der Waals surface area contributed by atoms with Crippen molar-refractivity contribution in [1.29, 1.82) is 0 Å². The summed E-state index contributed by atoms with van der Waals surface area (Å²) in [4.78, 5) is 0. The van der Waals surface area contributed by atoms with Crippen LogP contribution < -0.4 is 0 Å². The van der Waals surface area contributed by atoms with Crippen LogP contribution in [0.15, 0.2) is 11.5 Å². The fraction of sp³-hybridized carbons (Fsp3) is 0.800. The minimum Gasteiger partial charge on any atom is -0.510 e. The fourth-order valence-electron chi connectivity index (χ4n) is 0.868. The third kappa shape index (κ3) is 6.54. The van der Waals surface area contributed by atoms with Gasteiger partial charge in [0.05, 0.1) is 7.11 Å². The summed E-state index contributed by atoms with van der Waals surface area (Å²) >= 11 is 0. The average molecular weight is 232 g/mol. The molecule has 0 N–H and O–H groups in total. The minimum atomic E-state index is -0.301. The van der Waals surface area contributed by atoms with E-state index in [1.807, 2.05) is 27.7 Å². The fourth-order valence-corrected chi connectivity index (χ4v) is 1.83. The van der Waals surface area contributed by atoms with E-state index in [1.54, 1.807) is 7.11 Å². The van der Waals surface area contributed by atoms with Gasteiger partial charge in [0.1, 0.15) is 0 Å². The van der Waals surface area contributed by atoms with E-state index in [1.165, 1.54) is 0 Å². The number of methoxy groups -OCH3 is 1. The second-order valence-corrected chi connectivity index (χ2v) is 3.87. The molecule has 0 aromatic heterocycles. The first kappa shape index (κ1) is 14.5. The maximum Gasteiger partial charge on any atom is 0.380 e. The standard InChI is InChI=1S/C10H20O4Si/c1-6-12-10(13-7-2)15-14-9(11-5)8(3)4/h10H,6-7H2,1-5H3. The highest BCUT2D eigenvalue weighted by molar-refractivity contribution is 6.28. The van der Waals surface area contributed by atoms with Crippen LogP contribution in [0, 0.1) is 0 Å². The van der Waals surface area contributed by atoms with Crippen molar-refractivity contribution in [3.8, 4) is 0 Å². The summed E-state index contributed by atoms with van der Waals surface area (Å²) in [5.74, 6) is 0.238. The Labute approximate surface area is 94.5 Å². The lowest BCUT2D eigenvalue weighted by Crippen LogP contribution is -2.27. The molecule has 0 saturated heterocycles. The summed E-state index contributed by atoms with van der Waals surface area (Å²) in [5.41, 5.74) is 0.997. The van der Waals surface area contributed by atoms with E-state index in [2.05, 4.69) is 0 Å². The van der Waals surface area contributed by atoms with E-state index < -0.39 is 0 Å². The Hall–Kier alpha value is -0.523. The Morgan fingerprint density at radius 2 is 1.67 bits per heavy atom. The first-order valence-electron chi connectivity index (χ1n) is 5.02. The molecule has 2 radical (unpaired) electrons. The van der Waals surface area contributed by atoms with Gasteiger partial charge in [0.25, 0.3) is 5.95 Å². The summed E-state index contributed by atoms with van der Waals surface area (Å²) in [6.45, 7) is 8.93. The lowest BCUT2D eigenvalue weighted by atomic mass is 10.4. The molecular weight excluding hydrogens is 212 g/mol. The molecule has 5 heteroatoms. The molecule has 0 amide bonds. The number of hydrogen-bond donors (Lipinski definition) is 0. The second kappa shape index (κ2) is 8.76. The second-order valence-electron chi connectivity index (χ2n) is 2.95. The molecule has 0 aromatic rings. The van der Waals surface area contributed by atoms with Crippen molar-refractivity contribution < 1.29 is 18.6 Å². The zero-order chi connectivity index (χ0) is 11.7. The van der Waals surface area contributed by atoms with Crippen LogP contribution in [0.3, 0.4) is 0 Å². The van der Waals surface area contributed by atoms with Crippen molar-refractivity contribution in [1.82, 2.24) is 0 Å². The van der Waals surface area contributed by atoms with Crippen LogP contribution in [-0.4, -0.2) is 36.0 Å². The monoisotopic (exact) mass is 232 g/mol. The van der Waals surface area contributed by atoms with Gasteiger partial charge in [-0.1, -0.05) is 0 Å². The zero-order valence-corrected chi connectivity index (χ0v) is 11.1. The molecule has 4 nitrogen and oxygen atoms in total. The van der Waals surface area contributed by atoms with Crippen LogP contribution in [-0.2, 0) is 18.6 Å². The minimum absolute atomic E-state index is 0.0896. The summed E-state index contributed by atoms with van der Waals surface area (Å²) in [7, 11) is 1.68. The van der Waals surface area contributed by atoms with Crippen molar-refractivity contribution in [2.75, 3.05) is 20.3 Å². The van der Waals surface area contributed by atoms with Crippen LogP contribution in [0.4, 0.5) is 0 Å². The summed E-state index contributed by atoms with van der Waals surface area (Å²) in [6.07, 6.45) is 0. The van der Waals surface area contributed by atoms with Crippen LogP contribution in [0.1, 0.15) is 27.7 Å². The molecule has 15 heavy (non-hydrogen) atoms. The van der Waals surface area contributed by atoms with Crippen LogP contribution >= 0.6 is 0 Å². The largest absolute Gasteiger partial charge is 0.510 e. The Morgan fingerprint density at radius 1 is 1.13 bits per heavy atom. The summed E-state index contributed by atoms with van der Waals surface area (Å²) in [6, 6.07) is 0. The summed E-state index contributed by atoms with van der Waals surface area (Å²) < 4.78 is 21.2. The predicted octanol–water partition coefficient (Wildman–Crippen LogP) is 1.88. The van der Waals surface area contributed by atoms with Crippen molar-refractivity contribution >= 4 is 9.76 Å². The topological polar surface area (TPSA) is 36.9 Å². The van der Waals surface area contributed by atoms with Gasteiger partial charge in [-0.05, 0) is 27.7 Å². The zero-order valence-electron chi connectivity index (χ0n) is 10.1. The highest BCUT2D eigenvalue weighted by Crippen LogP contribution is 2.06. The highest BCUT2D eigenvalue weighted by Gasteiger charge is 2.14. The van der Waals surface area contributed by atoms with E-state index >= 15 is 0 Å². The third-order valence-electron chi connectivity index (χ3n) is 1.48. The van der Waals surface area contributed by atoms with Gasteiger partial charge in [-0.2, -0.15) is 0 Å². The first-order chi connectivity index (χ1) is 7.15. The molecule has 0 aliphatic carbocycles. The molecular formula is C10H20O4Si. The van der Waals surface area contributed by atoms with Gasteiger partial charge in [-0.3, -0.25) is 0 Å². The van der Waals surface area contributed by atoms with Gasteiger partial charge in [0.15, 0.2) is 5.91 Å². The lowest BCUT2D eigenvalue weighted by molar-refractivity contribution is -0.0905.